The van der Waals surface area contributed by atoms with Crippen molar-refractivity contribution in [3.8, 4) is 6.07 Å². The van der Waals surface area contributed by atoms with Gasteiger partial charge < -0.3 is 10.2 Å². The van der Waals surface area contributed by atoms with Gasteiger partial charge in [-0.15, -0.1) is 0 Å². The third-order valence-electron chi connectivity index (χ3n) is 3.49. The van der Waals surface area contributed by atoms with Crippen LogP contribution in [0.1, 0.15) is 18.1 Å². The molecule has 0 bridgehead atoms. The molecule has 0 radical (unpaired) electrons. The van der Waals surface area contributed by atoms with E-state index in [1.807, 2.05) is 54.3 Å². The average Bonchev–Trinajstić information content (AvgIpc) is 2.64. The lowest BCUT2D eigenvalue weighted by molar-refractivity contribution is -0.117. The van der Waals surface area contributed by atoms with E-state index < -0.39 is 0 Å². The van der Waals surface area contributed by atoms with E-state index in [1.54, 1.807) is 24.7 Å². The molecule has 0 saturated carbocycles. The molecule has 0 saturated heterocycles. The maximum Gasteiger partial charge on any atom is 0.263 e. The maximum atomic E-state index is 12.2. The van der Waals surface area contributed by atoms with Crippen LogP contribution in [0.25, 0.3) is 0 Å². The molecule has 1 aromatic heterocycles. The molecule has 0 atom stereocenters. The highest BCUT2D eigenvalue weighted by Crippen LogP contribution is 2.07. The minimum atomic E-state index is -0.382. The maximum absolute atomic E-state index is 12.2. The van der Waals surface area contributed by atoms with E-state index in [9.17, 15) is 10.1 Å². The van der Waals surface area contributed by atoms with Gasteiger partial charge in [-0.2, -0.15) is 5.26 Å². The molecule has 122 valence electrons. The predicted octanol–water partition coefficient (Wildman–Crippen LogP) is 2.63. The summed E-state index contributed by atoms with van der Waals surface area (Å²) in [5, 5.41) is 12.0. The summed E-state index contributed by atoms with van der Waals surface area (Å²) < 4.78 is 0. The zero-order chi connectivity index (χ0) is 17.2. The molecule has 0 aliphatic heterocycles. The fourth-order valence-electron chi connectivity index (χ4n) is 2.17. The Kier molecular flexibility index (Phi) is 6.54. The monoisotopic (exact) mass is 320 g/mol. The van der Waals surface area contributed by atoms with Gasteiger partial charge in [0.1, 0.15) is 11.6 Å². The number of benzene rings is 1. The van der Waals surface area contributed by atoms with Crippen LogP contribution < -0.4 is 5.32 Å². The first-order valence-electron chi connectivity index (χ1n) is 7.80. The van der Waals surface area contributed by atoms with Crippen molar-refractivity contribution in [2.45, 2.75) is 20.0 Å². The highest BCUT2D eigenvalue weighted by Gasteiger charge is 2.11. The van der Waals surface area contributed by atoms with E-state index in [1.165, 1.54) is 0 Å². The van der Waals surface area contributed by atoms with Crippen molar-refractivity contribution < 1.29 is 4.79 Å². The van der Waals surface area contributed by atoms with Gasteiger partial charge in [0.05, 0.1) is 0 Å². The van der Waals surface area contributed by atoms with Crippen molar-refractivity contribution in [2.24, 2.45) is 0 Å². The number of hydrogen-bond acceptors (Lipinski definition) is 4. The van der Waals surface area contributed by atoms with Crippen molar-refractivity contribution in [2.75, 3.05) is 6.54 Å². The molecule has 2 aromatic rings. The van der Waals surface area contributed by atoms with Crippen molar-refractivity contribution in [1.29, 1.82) is 5.26 Å². The first kappa shape index (κ1) is 17.2. The van der Waals surface area contributed by atoms with Crippen LogP contribution in [0.2, 0.25) is 0 Å². The second-order valence-electron chi connectivity index (χ2n) is 5.25. The van der Waals surface area contributed by atoms with Crippen molar-refractivity contribution in [1.82, 2.24) is 15.2 Å². The summed E-state index contributed by atoms with van der Waals surface area (Å²) in [7, 11) is 0. The number of carbonyl (C=O) groups excluding carboxylic acids is 1. The van der Waals surface area contributed by atoms with Crippen molar-refractivity contribution in [3.63, 3.8) is 0 Å². The first-order chi connectivity index (χ1) is 11.7. The average molecular weight is 320 g/mol. The molecule has 1 amide bonds. The Morgan fingerprint density at radius 2 is 2.00 bits per heavy atom. The third kappa shape index (κ3) is 5.25. The van der Waals surface area contributed by atoms with Gasteiger partial charge in [0.2, 0.25) is 0 Å². The molecular weight excluding hydrogens is 300 g/mol. The quantitative estimate of drug-likeness (QED) is 0.629. The summed E-state index contributed by atoms with van der Waals surface area (Å²) in [6, 6.07) is 15.6. The summed E-state index contributed by atoms with van der Waals surface area (Å²) >= 11 is 0. The van der Waals surface area contributed by atoms with E-state index in [4.69, 9.17) is 0 Å². The molecule has 0 unspecified atom stereocenters. The van der Waals surface area contributed by atoms with Crippen LogP contribution in [0.15, 0.2) is 66.6 Å². The number of amides is 1. The second kappa shape index (κ2) is 9.11. The number of hydrogen-bond donors (Lipinski definition) is 1. The number of carbonyl (C=O) groups is 1. The summed E-state index contributed by atoms with van der Waals surface area (Å²) in [5.74, 6) is -0.382. The normalized spacial score (nSPS) is 10.8. The van der Waals surface area contributed by atoms with E-state index >= 15 is 0 Å². The summed E-state index contributed by atoms with van der Waals surface area (Å²) in [6.45, 7) is 3.69. The molecule has 0 aliphatic rings. The third-order valence-corrected chi connectivity index (χ3v) is 3.49. The lowest BCUT2D eigenvalue weighted by Gasteiger charge is -2.19. The van der Waals surface area contributed by atoms with Gasteiger partial charge >= 0.3 is 0 Å². The van der Waals surface area contributed by atoms with Crippen LogP contribution in [0, 0.1) is 11.3 Å². The smallest absolute Gasteiger partial charge is 0.263 e. The van der Waals surface area contributed by atoms with E-state index in [0.29, 0.717) is 19.6 Å². The second-order valence-corrected chi connectivity index (χ2v) is 5.25. The summed E-state index contributed by atoms with van der Waals surface area (Å²) in [6.07, 6.45) is 4.98. The number of aromatic nitrogens is 1. The van der Waals surface area contributed by atoms with Crippen LogP contribution in [0.5, 0.6) is 0 Å². The molecule has 1 heterocycles. The van der Waals surface area contributed by atoms with Gasteiger partial charge in [0.15, 0.2) is 0 Å². The Bertz CT molecular complexity index is 720. The molecule has 0 fully saturated rings. The number of nitrogens with one attached hydrogen (secondary N) is 1. The first-order valence-corrected chi connectivity index (χ1v) is 7.80. The van der Waals surface area contributed by atoms with Crippen LogP contribution in [-0.2, 0) is 17.9 Å². The van der Waals surface area contributed by atoms with Gasteiger partial charge in [-0.1, -0.05) is 36.4 Å². The summed E-state index contributed by atoms with van der Waals surface area (Å²) in [4.78, 5) is 18.1. The topological polar surface area (TPSA) is 69.0 Å². The van der Waals surface area contributed by atoms with Crippen molar-refractivity contribution in [3.05, 3.63) is 77.8 Å². The molecule has 2 rings (SSSR count). The lowest BCUT2D eigenvalue weighted by Crippen LogP contribution is -2.26. The number of nitrogens with zero attached hydrogens (tertiary/aromatic N) is 3. The lowest BCUT2D eigenvalue weighted by atomic mass is 10.2. The van der Waals surface area contributed by atoms with E-state index in [-0.39, 0.29) is 11.5 Å². The molecule has 0 aliphatic carbocycles. The van der Waals surface area contributed by atoms with E-state index in [2.05, 4.69) is 10.3 Å². The standard InChI is InChI=1S/C19H20N4O/c1-2-23(14-16-7-4-3-5-8-16)15-18(11-20)19(24)22-13-17-9-6-10-21-12-17/h3-10,12,15H,2,13-14H2,1H3,(H,22,24)/b18-15-. The van der Waals surface area contributed by atoms with Crippen molar-refractivity contribution >= 4 is 5.91 Å². The molecule has 5 heteroatoms. The van der Waals surface area contributed by atoms with Gasteiger partial charge in [-0.05, 0) is 24.1 Å². The molecule has 5 nitrogen and oxygen atoms in total. The zero-order valence-electron chi connectivity index (χ0n) is 13.6. The Hall–Kier alpha value is -3.13. The minimum absolute atomic E-state index is 0.0941. The molecular formula is C19H20N4O. The van der Waals surface area contributed by atoms with Crippen LogP contribution in [-0.4, -0.2) is 22.3 Å². The Balaban J connectivity index is 2.00. The van der Waals surface area contributed by atoms with Gasteiger partial charge in [-0.25, -0.2) is 0 Å². The molecule has 1 N–H and O–H groups in total. The Labute approximate surface area is 142 Å². The van der Waals surface area contributed by atoms with Gasteiger partial charge in [-0.3, -0.25) is 9.78 Å². The van der Waals surface area contributed by atoms with Gasteiger partial charge in [0.25, 0.3) is 5.91 Å². The summed E-state index contributed by atoms with van der Waals surface area (Å²) in [5.41, 5.74) is 2.11. The van der Waals surface area contributed by atoms with Crippen LogP contribution in [0.3, 0.4) is 0 Å². The fraction of sp³-hybridized carbons (Fsp3) is 0.211. The van der Waals surface area contributed by atoms with Crippen LogP contribution >= 0.6 is 0 Å². The Morgan fingerprint density at radius 3 is 2.62 bits per heavy atom. The van der Waals surface area contributed by atoms with E-state index in [0.717, 1.165) is 11.1 Å². The number of rotatable bonds is 7. The fourth-order valence-corrected chi connectivity index (χ4v) is 2.17. The number of pyridine rings is 1. The highest BCUT2D eigenvalue weighted by atomic mass is 16.1. The zero-order valence-corrected chi connectivity index (χ0v) is 13.6. The largest absolute Gasteiger partial charge is 0.372 e. The molecule has 24 heavy (non-hydrogen) atoms. The number of nitriles is 1. The minimum Gasteiger partial charge on any atom is -0.372 e. The van der Waals surface area contributed by atoms with Crippen LogP contribution in [0.4, 0.5) is 0 Å². The predicted molar refractivity (Wildman–Crippen MR) is 92.3 cm³/mol. The molecule has 0 spiro atoms. The highest BCUT2D eigenvalue weighted by molar-refractivity contribution is 5.97. The van der Waals surface area contributed by atoms with Gasteiger partial charge in [0, 0.05) is 38.2 Å². The SMILES string of the molecule is CCN(/C=C(/C#N)C(=O)NCc1cccnc1)Cc1ccccc1. The Morgan fingerprint density at radius 1 is 1.25 bits per heavy atom. The molecule has 1 aromatic carbocycles.